The average Bonchev–Trinajstić information content (AvgIpc) is 2.10. The van der Waals surface area contributed by atoms with Crippen molar-refractivity contribution in [1.82, 2.24) is 0 Å². The summed E-state index contributed by atoms with van der Waals surface area (Å²) in [7, 11) is 0. The highest BCUT2D eigenvalue weighted by Gasteiger charge is 3.02. The molecule has 1 saturated heterocycles. The summed E-state index contributed by atoms with van der Waals surface area (Å²) >= 11 is 0. The van der Waals surface area contributed by atoms with Gasteiger partial charge in [-0.05, 0) is 0 Å². The molecule has 19 heavy (non-hydrogen) atoms. The van der Waals surface area contributed by atoms with E-state index in [2.05, 4.69) is 0 Å². The largest absolute Gasteiger partial charge is 0.609 e. The third-order valence-corrected chi connectivity index (χ3v) is 2.08. The molecule has 1 aliphatic rings. The maximum absolute atomic E-state index is 12.9. The van der Waals surface area contributed by atoms with E-state index in [1.165, 1.54) is 0 Å². The highest BCUT2D eigenvalue weighted by molar-refractivity contribution is 4.83. The molecule has 0 saturated carbocycles. The molecule has 0 spiro atoms. The van der Waals surface area contributed by atoms with E-state index < -0.39 is 35.3 Å². The van der Waals surface area contributed by atoms with Crippen LogP contribution in [0.1, 0.15) is 0 Å². The van der Waals surface area contributed by atoms with Gasteiger partial charge in [-0.2, -0.15) is 17.6 Å². The summed E-state index contributed by atoms with van der Waals surface area (Å²) < 4.78 is 143. The smallest absolute Gasteiger partial charge is 0.234 e. The second-order valence-corrected chi connectivity index (χ2v) is 3.27. The van der Waals surface area contributed by atoms with E-state index in [4.69, 9.17) is 0 Å². The van der Waals surface area contributed by atoms with Gasteiger partial charge in [0.2, 0.25) is 0 Å². The molecule has 1 fully saturated rings. The van der Waals surface area contributed by atoms with Crippen molar-refractivity contribution in [2.75, 3.05) is 0 Å². The number of morpholine rings is 1. The molecule has 14 heteroatoms. The van der Waals surface area contributed by atoms with Gasteiger partial charge >= 0.3 is 30.6 Å². The minimum atomic E-state index is -7.48. The van der Waals surface area contributed by atoms with Crippen molar-refractivity contribution in [3.63, 3.8) is 0 Å². The third-order valence-electron chi connectivity index (χ3n) is 2.08. The molecule has 0 atom stereocenters. The van der Waals surface area contributed by atoms with Crippen LogP contribution in [-0.4, -0.2) is 35.3 Å². The van der Waals surface area contributed by atoms with E-state index >= 15 is 0 Å². The Balaban J connectivity index is 3.70. The van der Waals surface area contributed by atoms with Crippen LogP contribution in [0.3, 0.4) is 0 Å². The number of alkyl halides is 11. The Morgan fingerprint density at radius 3 is 1.16 bits per heavy atom. The van der Waals surface area contributed by atoms with Crippen LogP contribution < -0.4 is 0 Å². The number of hydrogen-bond acceptors (Lipinski definition) is 1. The van der Waals surface area contributed by atoms with Crippen molar-refractivity contribution in [3.05, 3.63) is 0 Å². The molecule has 0 amide bonds. The van der Waals surface area contributed by atoms with Gasteiger partial charge in [0.15, 0.2) is 0 Å². The Morgan fingerprint density at radius 1 is 0.684 bits per heavy atom. The zero-order valence-electron chi connectivity index (χ0n) is 7.89. The fourth-order valence-electron chi connectivity index (χ4n) is 1.14. The summed E-state index contributed by atoms with van der Waals surface area (Å²) in [6, 6.07) is -14.7. The van der Waals surface area contributed by atoms with Crippen molar-refractivity contribution in [1.29, 1.82) is 0 Å². The molecule has 0 aromatic rings. The molecule has 0 unspecified atom stereocenters. The van der Waals surface area contributed by atoms with Gasteiger partial charge in [-0.1, -0.05) is 0 Å². The molecule has 0 bridgehead atoms. The second kappa shape index (κ2) is 3.39. The van der Waals surface area contributed by atoms with Crippen LogP contribution in [0.4, 0.5) is 52.8 Å². The monoisotopic (exact) mass is 318 g/mol. The predicted octanol–water partition coefficient (Wildman–Crippen LogP) is 3.61. The van der Waals surface area contributed by atoms with Crippen molar-refractivity contribution in [2.24, 2.45) is 0 Å². The Hall–Kier alpha value is -0.920. The predicted molar refractivity (Wildman–Crippen MR) is 28.3 cm³/mol. The van der Waals surface area contributed by atoms with Gasteiger partial charge < -0.3 is 0 Å². The topological polar surface area (TPSA) is 9.23 Å². The lowest BCUT2D eigenvalue weighted by Crippen LogP contribution is -2.84. The van der Waals surface area contributed by atoms with E-state index in [-0.39, 0.29) is 0 Å². The summed E-state index contributed by atoms with van der Waals surface area (Å²) in [4.78, 5) is 0. The highest BCUT2D eigenvalue weighted by Crippen LogP contribution is 2.64. The summed E-state index contributed by atoms with van der Waals surface area (Å²) in [5.74, 6) is 0. The first-order chi connectivity index (χ1) is 7.96. The molecule has 0 aliphatic carbocycles. The Bertz CT molecular complexity index is 358. The molecule has 0 aromatic carbocycles. The van der Waals surface area contributed by atoms with Crippen LogP contribution in [0, 0.1) is 0 Å². The first kappa shape index (κ1) is 16.1. The quantitative estimate of drug-likeness (QED) is 0.377. The van der Waals surface area contributed by atoms with Crippen molar-refractivity contribution >= 4 is 0 Å². The van der Waals surface area contributed by atoms with Gasteiger partial charge in [0.05, 0.1) is 0 Å². The molecule has 2 nitrogen and oxygen atoms in total. The minimum Gasteiger partial charge on any atom is -0.234 e. The van der Waals surface area contributed by atoms with Gasteiger partial charge in [-0.15, -0.1) is 30.7 Å². The van der Waals surface area contributed by atoms with Crippen LogP contribution in [0.15, 0.2) is 0 Å². The Morgan fingerprint density at radius 2 is 0.947 bits per heavy atom. The second-order valence-electron chi connectivity index (χ2n) is 3.27. The number of ether oxygens (including phenoxy) is 1. The summed E-state index contributed by atoms with van der Waals surface area (Å²) in [6.07, 6.45) is -21.1. The average molecular weight is 318 g/mol. The fraction of sp³-hybridized carbons (Fsp3) is 1.00. The molecule has 0 radical (unpaired) electrons. The SMILES string of the molecule is FC1(F)OC(F)(F)C(F)(F)[N+](F)(C(F)(F)F)C1(F)F. The maximum atomic E-state index is 12.9. The zero-order chi connectivity index (χ0) is 15.7. The van der Waals surface area contributed by atoms with Crippen LogP contribution >= 0.6 is 0 Å². The number of rotatable bonds is 0. The molecule has 1 aliphatic heterocycles. The molecule has 0 aromatic heterocycles. The molecule has 1 heterocycles. The molecular formula is C5F12NO+. The van der Waals surface area contributed by atoms with E-state index in [0.717, 1.165) is 0 Å². The molecule has 1 rings (SSSR count). The number of halogens is 12. The normalized spacial score (nSPS) is 30.9. The Kier molecular flexibility index (Phi) is 2.88. The van der Waals surface area contributed by atoms with E-state index in [1.54, 1.807) is 4.74 Å². The van der Waals surface area contributed by atoms with Gasteiger partial charge in [-0.3, -0.25) is 0 Å². The van der Waals surface area contributed by atoms with Crippen molar-refractivity contribution < 1.29 is 62.2 Å². The zero-order valence-corrected chi connectivity index (χ0v) is 7.89. The van der Waals surface area contributed by atoms with Crippen molar-refractivity contribution in [3.8, 4) is 0 Å². The number of nitrogens with zero attached hydrogens (tertiary/aromatic N) is 1. The number of hydrogen-bond donors (Lipinski definition) is 0. The summed E-state index contributed by atoms with van der Waals surface area (Å²) in [5.41, 5.74) is 0. The van der Waals surface area contributed by atoms with Gasteiger partial charge in [0.25, 0.3) is 0 Å². The lowest BCUT2D eigenvalue weighted by atomic mass is 10.3. The van der Waals surface area contributed by atoms with Gasteiger partial charge in [0.1, 0.15) is 4.71 Å². The van der Waals surface area contributed by atoms with Gasteiger partial charge in [0, 0.05) is 4.48 Å². The first-order valence-corrected chi connectivity index (χ1v) is 3.83. The fourth-order valence-corrected chi connectivity index (χ4v) is 1.14. The van der Waals surface area contributed by atoms with Crippen LogP contribution in [0.5, 0.6) is 0 Å². The minimum absolute atomic E-state index is 1.66. The van der Waals surface area contributed by atoms with E-state index in [1.807, 2.05) is 0 Å². The van der Waals surface area contributed by atoms with E-state index in [9.17, 15) is 52.8 Å². The summed E-state index contributed by atoms with van der Waals surface area (Å²) in [6.45, 7) is 0. The van der Waals surface area contributed by atoms with Crippen LogP contribution in [0.2, 0.25) is 0 Å². The van der Waals surface area contributed by atoms with Gasteiger partial charge in [-0.25, -0.2) is 4.74 Å². The molecule has 114 valence electrons. The molecule has 0 N–H and O–H groups in total. The standard InChI is InChI=1S/C5F12NO/c6-1(7)3(10,11)19-4(12,13)2(8,9)18(1,17)5(14,15)16/q+1. The number of quaternary nitrogens is 1. The lowest BCUT2D eigenvalue weighted by molar-refractivity contribution is -1.26. The Labute approximate surface area is 94.2 Å². The summed E-state index contributed by atoms with van der Waals surface area (Å²) in [5, 5.41) is 0. The maximum Gasteiger partial charge on any atom is 0.609 e. The van der Waals surface area contributed by atoms with E-state index in [0.29, 0.717) is 0 Å². The lowest BCUT2D eigenvalue weighted by Gasteiger charge is -2.45. The van der Waals surface area contributed by atoms with Crippen molar-refractivity contribution in [2.45, 2.75) is 30.6 Å². The van der Waals surface area contributed by atoms with Crippen LogP contribution in [-0.2, 0) is 4.74 Å². The third kappa shape index (κ3) is 1.55. The first-order valence-electron chi connectivity index (χ1n) is 3.83. The highest BCUT2D eigenvalue weighted by atomic mass is 19.4. The van der Waals surface area contributed by atoms with Crippen LogP contribution in [0.25, 0.3) is 0 Å². The molecular weight excluding hydrogens is 318 g/mol.